The van der Waals surface area contributed by atoms with Crippen LogP contribution in [0.15, 0.2) is 46.9 Å². The first kappa shape index (κ1) is 13.4. The van der Waals surface area contributed by atoms with E-state index < -0.39 is 0 Å². The number of nitriles is 1. The standard InChI is InChI=1S/C15H14BrN3/c1-10(12-3-2-4-13(18)8-12)19-15-6-5-11(9-17)7-14(15)16/h2-8,10,19H,18H2,1H3. The average Bonchev–Trinajstić information content (AvgIpc) is 2.41. The molecule has 0 aliphatic rings. The Morgan fingerprint density at radius 1 is 1.26 bits per heavy atom. The highest BCUT2D eigenvalue weighted by molar-refractivity contribution is 9.10. The fourth-order valence-corrected chi connectivity index (χ4v) is 2.34. The molecule has 0 spiro atoms. The molecular weight excluding hydrogens is 302 g/mol. The molecule has 3 N–H and O–H groups in total. The predicted octanol–water partition coefficient (Wildman–Crippen LogP) is 4.08. The number of hydrogen-bond donors (Lipinski definition) is 2. The quantitative estimate of drug-likeness (QED) is 0.839. The molecule has 2 aromatic carbocycles. The number of benzene rings is 2. The molecule has 0 aliphatic heterocycles. The first-order valence-electron chi connectivity index (χ1n) is 5.92. The summed E-state index contributed by atoms with van der Waals surface area (Å²) in [6.45, 7) is 2.07. The van der Waals surface area contributed by atoms with Crippen LogP contribution in [0, 0.1) is 11.3 Å². The Morgan fingerprint density at radius 3 is 2.68 bits per heavy atom. The number of nitrogens with two attached hydrogens (primary N) is 1. The molecule has 0 radical (unpaired) electrons. The highest BCUT2D eigenvalue weighted by Crippen LogP contribution is 2.27. The largest absolute Gasteiger partial charge is 0.399 e. The number of nitrogens with zero attached hydrogens (tertiary/aromatic N) is 1. The zero-order valence-corrected chi connectivity index (χ0v) is 12.1. The number of rotatable bonds is 3. The fraction of sp³-hybridized carbons (Fsp3) is 0.133. The zero-order valence-electron chi connectivity index (χ0n) is 10.5. The van der Waals surface area contributed by atoms with Crippen LogP contribution in [0.4, 0.5) is 11.4 Å². The number of anilines is 2. The Labute approximate surface area is 121 Å². The monoisotopic (exact) mass is 315 g/mol. The molecule has 0 aliphatic carbocycles. The predicted molar refractivity (Wildman–Crippen MR) is 81.7 cm³/mol. The summed E-state index contributed by atoms with van der Waals surface area (Å²) in [6.07, 6.45) is 0. The minimum Gasteiger partial charge on any atom is -0.399 e. The van der Waals surface area contributed by atoms with E-state index in [1.807, 2.05) is 30.3 Å². The van der Waals surface area contributed by atoms with Gasteiger partial charge in [-0.25, -0.2) is 0 Å². The highest BCUT2D eigenvalue weighted by Gasteiger charge is 2.08. The minimum absolute atomic E-state index is 0.132. The molecule has 0 bridgehead atoms. The molecule has 0 saturated carbocycles. The van der Waals surface area contributed by atoms with Crippen LogP contribution in [0.1, 0.15) is 24.1 Å². The maximum Gasteiger partial charge on any atom is 0.0992 e. The first-order chi connectivity index (χ1) is 9.10. The Morgan fingerprint density at radius 2 is 2.05 bits per heavy atom. The topological polar surface area (TPSA) is 61.8 Å². The van der Waals surface area contributed by atoms with Gasteiger partial charge in [-0.1, -0.05) is 12.1 Å². The highest BCUT2D eigenvalue weighted by atomic mass is 79.9. The van der Waals surface area contributed by atoms with Gasteiger partial charge in [-0.15, -0.1) is 0 Å². The van der Waals surface area contributed by atoms with E-state index in [4.69, 9.17) is 11.0 Å². The van der Waals surface area contributed by atoms with Gasteiger partial charge in [-0.3, -0.25) is 0 Å². The van der Waals surface area contributed by atoms with E-state index in [1.165, 1.54) is 0 Å². The fourth-order valence-electron chi connectivity index (χ4n) is 1.85. The van der Waals surface area contributed by atoms with Gasteiger partial charge in [0.2, 0.25) is 0 Å². The van der Waals surface area contributed by atoms with Gasteiger partial charge in [-0.05, 0) is 58.7 Å². The average molecular weight is 316 g/mol. The van der Waals surface area contributed by atoms with Crippen molar-refractivity contribution in [1.82, 2.24) is 0 Å². The molecule has 1 unspecified atom stereocenters. The van der Waals surface area contributed by atoms with Crippen molar-refractivity contribution in [2.45, 2.75) is 13.0 Å². The van der Waals surface area contributed by atoms with Crippen LogP contribution in [0.5, 0.6) is 0 Å². The normalized spacial score (nSPS) is 11.6. The Balaban J connectivity index is 2.20. The van der Waals surface area contributed by atoms with Crippen LogP contribution in [0.3, 0.4) is 0 Å². The van der Waals surface area contributed by atoms with Gasteiger partial charge in [0.15, 0.2) is 0 Å². The number of nitrogens with one attached hydrogen (secondary N) is 1. The van der Waals surface area contributed by atoms with Gasteiger partial charge in [0, 0.05) is 21.9 Å². The number of halogens is 1. The molecule has 2 aromatic rings. The zero-order chi connectivity index (χ0) is 13.8. The van der Waals surface area contributed by atoms with Crippen LogP contribution in [0.25, 0.3) is 0 Å². The molecule has 3 nitrogen and oxygen atoms in total. The Bertz CT molecular complexity index is 632. The molecule has 4 heteroatoms. The van der Waals surface area contributed by atoms with Crippen molar-refractivity contribution in [2.24, 2.45) is 0 Å². The van der Waals surface area contributed by atoms with E-state index >= 15 is 0 Å². The molecule has 2 rings (SSSR count). The maximum absolute atomic E-state index is 8.84. The van der Waals surface area contributed by atoms with Gasteiger partial charge in [0.05, 0.1) is 11.6 Å². The third kappa shape index (κ3) is 3.27. The number of hydrogen-bond acceptors (Lipinski definition) is 3. The summed E-state index contributed by atoms with van der Waals surface area (Å²) in [6, 6.07) is 15.5. The van der Waals surface area contributed by atoms with Crippen LogP contribution in [-0.4, -0.2) is 0 Å². The summed E-state index contributed by atoms with van der Waals surface area (Å²) < 4.78 is 0.877. The second-order valence-corrected chi connectivity index (χ2v) is 5.20. The molecule has 0 amide bonds. The van der Waals surface area contributed by atoms with Crippen LogP contribution in [0.2, 0.25) is 0 Å². The molecule has 0 fully saturated rings. The van der Waals surface area contributed by atoms with Crippen LogP contribution in [-0.2, 0) is 0 Å². The van der Waals surface area contributed by atoms with Crippen molar-refractivity contribution in [3.63, 3.8) is 0 Å². The third-order valence-electron chi connectivity index (χ3n) is 2.88. The SMILES string of the molecule is CC(Nc1ccc(C#N)cc1Br)c1cccc(N)c1. The number of nitrogen functional groups attached to an aromatic ring is 1. The van der Waals surface area contributed by atoms with Crippen molar-refractivity contribution in [1.29, 1.82) is 5.26 Å². The summed E-state index contributed by atoms with van der Waals surface area (Å²) in [5, 5.41) is 12.2. The summed E-state index contributed by atoms with van der Waals surface area (Å²) in [4.78, 5) is 0. The molecule has 0 saturated heterocycles. The lowest BCUT2D eigenvalue weighted by Gasteiger charge is -2.17. The Kier molecular flexibility index (Phi) is 4.08. The minimum atomic E-state index is 0.132. The first-order valence-corrected chi connectivity index (χ1v) is 6.71. The second kappa shape index (κ2) is 5.77. The lowest BCUT2D eigenvalue weighted by molar-refractivity contribution is 0.884. The summed E-state index contributed by atoms with van der Waals surface area (Å²) in [5.74, 6) is 0. The molecular formula is C15H14BrN3. The van der Waals surface area contributed by atoms with E-state index in [2.05, 4.69) is 34.2 Å². The molecule has 19 heavy (non-hydrogen) atoms. The molecule has 1 atom stereocenters. The molecule has 96 valence electrons. The van der Waals surface area contributed by atoms with Crippen LogP contribution >= 0.6 is 15.9 Å². The van der Waals surface area contributed by atoms with Crippen molar-refractivity contribution >= 4 is 27.3 Å². The summed E-state index contributed by atoms with van der Waals surface area (Å²) >= 11 is 3.47. The second-order valence-electron chi connectivity index (χ2n) is 4.34. The van der Waals surface area contributed by atoms with E-state index in [9.17, 15) is 0 Å². The van der Waals surface area contributed by atoms with E-state index in [-0.39, 0.29) is 6.04 Å². The third-order valence-corrected chi connectivity index (χ3v) is 3.54. The van der Waals surface area contributed by atoms with E-state index in [0.717, 1.165) is 21.4 Å². The van der Waals surface area contributed by atoms with Crippen LogP contribution < -0.4 is 11.1 Å². The van der Waals surface area contributed by atoms with Gasteiger partial charge < -0.3 is 11.1 Å². The Hall–Kier alpha value is -1.99. The molecule has 0 heterocycles. The van der Waals surface area contributed by atoms with Crippen molar-refractivity contribution in [2.75, 3.05) is 11.1 Å². The van der Waals surface area contributed by atoms with Gasteiger partial charge in [-0.2, -0.15) is 5.26 Å². The van der Waals surface area contributed by atoms with Gasteiger partial charge in [0.25, 0.3) is 0 Å². The lowest BCUT2D eigenvalue weighted by atomic mass is 10.1. The van der Waals surface area contributed by atoms with Crippen molar-refractivity contribution < 1.29 is 0 Å². The van der Waals surface area contributed by atoms with E-state index in [0.29, 0.717) is 5.56 Å². The lowest BCUT2D eigenvalue weighted by Crippen LogP contribution is -2.07. The summed E-state index contributed by atoms with van der Waals surface area (Å²) in [5.41, 5.74) is 9.25. The van der Waals surface area contributed by atoms with Gasteiger partial charge >= 0.3 is 0 Å². The maximum atomic E-state index is 8.84. The van der Waals surface area contributed by atoms with E-state index in [1.54, 1.807) is 12.1 Å². The summed E-state index contributed by atoms with van der Waals surface area (Å²) in [7, 11) is 0. The van der Waals surface area contributed by atoms with Crippen molar-refractivity contribution in [3.05, 3.63) is 58.1 Å². The van der Waals surface area contributed by atoms with Gasteiger partial charge in [0.1, 0.15) is 0 Å². The van der Waals surface area contributed by atoms with Crippen molar-refractivity contribution in [3.8, 4) is 6.07 Å². The molecule has 0 aromatic heterocycles. The smallest absolute Gasteiger partial charge is 0.0992 e.